The first kappa shape index (κ1) is 14.4. The van der Waals surface area contributed by atoms with Crippen LogP contribution in [0, 0.1) is 5.92 Å². The summed E-state index contributed by atoms with van der Waals surface area (Å²) < 4.78 is 15.4. The van der Waals surface area contributed by atoms with Gasteiger partial charge in [-0.15, -0.1) is 0 Å². The molecule has 1 aliphatic heterocycles. The van der Waals surface area contributed by atoms with Gasteiger partial charge in [-0.05, 0) is 26.2 Å². The Morgan fingerprint density at radius 1 is 1.53 bits per heavy atom. The Morgan fingerprint density at radius 2 is 2.35 bits per heavy atom. The first-order chi connectivity index (χ1) is 8.24. The molecule has 0 aromatic carbocycles. The standard InChI is InChI=1S/C12H23NO4/c1-3-16-12(14)9-15-7-5-13-8-11-4-6-17-10(11)2/h10-11,13H,3-9H2,1-2H3. The van der Waals surface area contributed by atoms with Crippen LogP contribution in [-0.4, -0.2) is 51.6 Å². The van der Waals surface area contributed by atoms with Crippen LogP contribution in [0.25, 0.3) is 0 Å². The molecule has 0 radical (unpaired) electrons. The lowest BCUT2D eigenvalue weighted by Gasteiger charge is -2.14. The third-order valence-electron chi connectivity index (χ3n) is 2.89. The molecule has 1 fully saturated rings. The summed E-state index contributed by atoms with van der Waals surface area (Å²) in [7, 11) is 0. The van der Waals surface area contributed by atoms with Crippen molar-refractivity contribution in [3.8, 4) is 0 Å². The summed E-state index contributed by atoms with van der Waals surface area (Å²) in [6.07, 6.45) is 1.47. The second-order valence-electron chi connectivity index (χ2n) is 4.19. The first-order valence-corrected chi connectivity index (χ1v) is 6.29. The zero-order valence-electron chi connectivity index (χ0n) is 10.7. The van der Waals surface area contributed by atoms with Gasteiger partial charge in [0, 0.05) is 19.7 Å². The highest BCUT2D eigenvalue weighted by Gasteiger charge is 2.23. The number of hydrogen-bond donors (Lipinski definition) is 1. The van der Waals surface area contributed by atoms with Crippen molar-refractivity contribution in [1.82, 2.24) is 5.32 Å². The van der Waals surface area contributed by atoms with Gasteiger partial charge in [0.15, 0.2) is 0 Å². The van der Waals surface area contributed by atoms with E-state index in [1.54, 1.807) is 6.92 Å². The summed E-state index contributed by atoms with van der Waals surface area (Å²) in [6.45, 7) is 7.43. The van der Waals surface area contributed by atoms with Gasteiger partial charge in [-0.2, -0.15) is 0 Å². The van der Waals surface area contributed by atoms with Crippen molar-refractivity contribution < 1.29 is 19.0 Å². The van der Waals surface area contributed by atoms with Crippen LogP contribution in [-0.2, 0) is 19.0 Å². The lowest BCUT2D eigenvalue weighted by molar-refractivity contribution is -0.148. The van der Waals surface area contributed by atoms with E-state index in [9.17, 15) is 4.79 Å². The van der Waals surface area contributed by atoms with Crippen LogP contribution in [0.2, 0.25) is 0 Å². The number of carbonyl (C=O) groups is 1. The van der Waals surface area contributed by atoms with Crippen molar-refractivity contribution in [2.24, 2.45) is 5.92 Å². The highest BCUT2D eigenvalue weighted by atomic mass is 16.6. The smallest absolute Gasteiger partial charge is 0.332 e. The SMILES string of the molecule is CCOC(=O)COCCNCC1CCOC1C. The van der Waals surface area contributed by atoms with Gasteiger partial charge in [-0.25, -0.2) is 4.79 Å². The Bertz CT molecular complexity index is 223. The quantitative estimate of drug-likeness (QED) is 0.501. The van der Waals surface area contributed by atoms with Crippen molar-refractivity contribution in [2.75, 3.05) is 39.5 Å². The van der Waals surface area contributed by atoms with Crippen LogP contribution in [0.1, 0.15) is 20.3 Å². The molecule has 100 valence electrons. The molecule has 5 heteroatoms. The molecule has 1 rings (SSSR count). The number of esters is 1. The van der Waals surface area contributed by atoms with E-state index in [0.29, 0.717) is 25.2 Å². The molecule has 0 aromatic heterocycles. The molecule has 1 N–H and O–H groups in total. The molecular formula is C12H23NO4. The molecule has 2 atom stereocenters. The molecule has 1 heterocycles. The maximum atomic E-state index is 10.9. The van der Waals surface area contributed by atoms with Crippen LogP contribution in [0.3, 0.4) is 0 Å². The number of nitrogens with one attached hydrogen (secondary N) is 1. The van der Waals surface area contributed by atoms with E-state index in [4.69, 9.17) is 14.2 Å². The van der Waals surface area contributed by atoms with Crippen LogP contribution < -0.4 is 5.32 Å². The predicted octanol–water partition coefficient (Wildman–Crippen LogP) is 0.581. The summed E-state index contributed by atoms with van der Waals surface area (Å²) in [6, 6.07) is 0. The molecule has 5 nitrogen and oxygen atoms in total. The number of hydrogen-bond acceptors (Lipinski definition) is 5. The topological polar surface area (TPSA) is 56.8 Å². The highest BCUT2D eigenvalue weighted by molar-refractivity contribution is 5.70. The van der Waals surface area contributed by atoms with Gasteiger partial charge in [0.1, 0.15) is 6.61 Å². The Morgan fingerprint density at radius 3 is 3.00 bits per heavy atom. The van der Waals surface area contributed by atoms with Crippen molar-refractivity contribution in [2.45, 2.75) is 26.4 Å². The van der Waals surface area contributed by atoms with Gasteiger partial charge in [0.05, 0.1) is 19.3 Å². The van der Waals surface area contributed by atoms with E-state index in [1.807, 2.05) is 0 Å². The lowest BCUT2D eigenvalue weighted by atomic mass is 10.0. The normalized spacial score (nSPS) is 23.9. The first-order valence-electron chi connectivity index (χ1n) is 6.29. The van der Waals surface area contributed by atoms with Crippen LogP contribution in [0.4, 0.5) is 0 Å². The number of rotatable bonds is 8. The minimum atomic E-state index is -0.301. The van der Waals surface area contributed by atoms with Crippen molar-refractivity contribution in [3.05, 3.63) is 0 Å². The summed E-state index contributed by atoms with van der Waals surface area (Å²) in [5, 5.41) is 3.31. The molecule has 0 spiro atoms. The largest absolute Gasteiger partial charge is 0.464 e. The molecule has 2 unspecified atom stereocenters. The van der Waals surface area contributed by atoms with Gasteiger partial charge < -0.3 is 19.5 Å². The second-order valence-corrected chi connectivity index (χ2v) is 4.19. The minimum Gasteiger partial charge on any atom is -0.464 e. The molecule has 1 aliphatic rings. The molecule has 17 heavy (non-hydrogen) atoms. The molecule has 0 aromatic rings. The Kier molecular flexibility index (Phi) is 7.16. The fourth-order valence-electron chi connectivity index (χ4n) is 1.83. The van der Waals surface area contributed by atoms with E-state index >= 15 is 0 Å². The number of carbonyl (C=O) groups excluding carboxylic acids is 1. The van der Waals surface area contributed by atoms with E-state index < -0.39 is 0 Å². The summed E-state index contributed by atoms with van der Waals surface area (Å²) >= 11 is 0. The summed E-state index contributed by atoms with van der Waals surface area (Å²) in [4.78, 5) is 10.9. The average Bonchev–Trinajstić information content (AvgIpc) is 2.70. The Balaban J connectivity index is 1.89. The van der Waals surface area contributed by atoms with Crippen LogP contribution in [0.15, 0.2) is 0 Å². The van der Waals surface area contributed by atoms with E-state index in [0.717, 1.165) is 26.1 Å². The fourth-order valence-corrected chi connectivity index (χ4v) is 1.83. The minimum absolute atomic E-state index is 0.0401. The monoisotopic (exact) mass is 245 g/mol. The molecule has 1 saturated heterocycles. The van der Waals surface area contributed by atoms with Gasteiger partial charge in [-0.3, -0.25) is 0 Å². The van der Waals surface area contributed by atoms with E-state index in [2.05, 4.69) is 12.2 Å². The lowest BCUT2D eigenvalue weighted by Crippen LogP contribution is -2.30. The zero-order chi connectivity index (χ0) is 12.5. The third-order valence-corrected chi connectivity index (χ3v) is 2.89. The molecule has 0 aliphatic carbocycles. The van der Waals surface area contributed by atoms with Crippen LogP contribution >= 0.6 is 0 Å². The molecule has 0 bridgehead atoms. The fraction of sp³-hybridized carbons (Fsp3) is 0.917. The van der Waals surface area contributed by atoms with E-state index in [-0.39, 0.29) is 12.6 Å². The average molecular weight is 245 g/mol. The molecular weight excluding hydrogens is 222 g/mol. The maximum absolute atomic E-state index is 10.9. The highest BCUT2D eigenvalue weighted by Crippen LogP contribution is 2.18. The van der Waals surface area contributed by atoms with Gasteiger partial charge in [0.25, 0.3) is 0 Å². The Labute approximate surface area is 103 Å². The maximum Gasteiger partial charge on any atom is 0.332 e. The second kappa shape index (κ2) is 8.44. The molecule has 0 saturated carbocycles. The van der Waals surface area contributed by atoms with Crippen molar-refractivity contribution in [3.63, 3.8) is 0 Å². The van der Waals surface area contributed by atoms with Gasteiger partial charge in [0.2, 0.25) is 0 Å². The zero-order valence-corrected chi connectivity index (χ0v) is 10.7. The molecule has 0 amide bonds. The van der Waals surface area contributed by atoms with Crippen LogP contribution in [0.5, 0.6) is 0 Å². The van der Waals surface area contributed by atoms with Gasteiger partial charge in [-0.1, -0.05) is 0 Å². The Hall–Kier alpha value is -0.650. The third kappa shape index (κ3) is 6.00. The number of ether oxygens (including phenoxy) is 3. The van der Waals surface area contributed by atoms with Gasteiger partial charge >= 0.3 is 5.97 Å². The summed E-state index contributed by atoms with van der Waals surface area (Å²) in [5.74, 6) is 0.297. The van der Waals surface area contributed by atoms with Crippen molar-refractivity contribution in [1.29, 1.82) is 0 Å². The summed E-state index contributed by atoms with van der Waals surface area (Å²) in [5.41, 5.74) is 0. The predicted molar refractivity (Wildman–Crippen MR) is 63.8 cm³/mol. The van der Waals surface area contributed by atoms with E-state index in [1.165, 1.54) is 0 Å². The van der Waals surface area contributed by atoms with Crippen molar-refractivity contribution >= 4 is 5.97 Å².